The summed E-state index contributed by atoms with van der Waals surface area (Å²) in [6.07, 6.45) is 1.44. The number of Topliss-reactive ketones (excluding diaryl/α,β-unsaturated/α-hetero) is 1. The molecule has 2 aromatic rings. The van der Waals surface area contributed by atoms with Crippen LogP contribution in [-0.2, 0) is 0 Å². The predicted octanol–water partition coefficient (Wildman–Crippen LogP) is 4.79. The van der Waals surface area contributed by atoms with Crippen LogP contribution in [-0.4, -0.2) is 12.9 Å². The van der Waals surface area contributed by atoms with Gasteiger partial charge in [0.05, 0.1) is 7.11 Å². The smallest absolute Gasteiger partial charge is 0.203 e. The zero-order valence-corrected chi connectivity index (χ0v) is 13.2. The van der Waals surface area contributed by atoms with Crippen molar-refractivity contribution in [3.05, 3.63) is 69.2 Å². The monoisotopic (exact) mass is 331 g/mol. The Labute approximate surface area is 138 Å². The molecular formula is C17H11Cl2NO2. The van der Waals surface area contributed by atoms with Crippen LogP contribution >= 0.6 is 23.2 Å². The van der Waals surface area contributed by atoms with E-state index in [0.29, 0.717) is 26.9 Å². The molecule has 2 rings (SSSR count). The van der Waals surface area contributed by atoms with E-state index in [-0.39, 0.29) is 5.57 Å². The first kappa shape index (κ1) is 16.1. The molecule has 0 aliphatic rings. The van der Waals surface area contributed by atoms with Gasteiger partial charge in [0.15, 0.2) is 0 Å². The molecule has 0 amide bonds. The van der Waals surface area contributed by atoms with Crippen molar-refractivity contribution in [1.29, 1.82) is 5.26 Å². The first-order chi connectivity index (χ1) is 10.5. The van der Waals surface area contributed by atoms with Crippen LogP contribution in [0.1, 0.15) is 15.9 Å². The van der Waals surface area contributed by atoms with Crippen LogP contribution in [0.5, 0.6) is 5.75 Å². The fourth-order valence-electron chi connectivity index (χ4n) is 1.84. The van der Waals surface area contributed by atoms with Gasteiger partial charge in [-0.05, 0) is 35.9 Å². The van der Waals surface area contributed by atoms with E-state index in [1.165, 1.54) is 13.2 Å². The summed E-state index contributed by atoms with van der Waals surface area (Å²) in [6.45, 7) is 0. The number of nitriles is 1. The third-order valence-electron chi connectivity index (χ3n) is 2.96. The molecule has 0 bridgehead atoms. The van der Waals surface area contributed by atoms with E-state index < -0.39 is 5.78 Å². The average molecular weight is 332 g/mol. The second-order valence-corrected chi connectivity index (χ2v) is 5.24. The molecule has 22 heavy (non-hydrogen) atoms. The highest BCUT2D eigenvalue weighted by atomic mass is 35.5. The molecule has 0 saturated heterocycles. The van der Waals surface area contributed by atoms with Gasteiger partial charge in [0, 0.05) is 15.6 Å². The molecule has 0 atom stereocenters. The SMILES string of the molecule is COc1cccc(C(=O)/C(C#N)=C/c2ccc(Cl)cc2Cl)c1. The number of carbonyl (C=O) groups is 1. The predicted molar refractivity (Wildman–Crippen MR) is 87.4 cm³/mol. The molecule has 0 fully saturated rings. The van der Waals surface area contributed by atoms with Crippen LogP contribution in [0.3, 0.4) is 0 Å². The minimum atomic E-state index is -0.396. The van der Waals surface area contributed by atoms with Crippen LogP contribution in [0.15, 0.2) is 48.0 Å². The number of carbonyl (C=O) groups excluding carboxylic acids is 1. The Morgan fingerprint density at radius 2 is 2.00 bits per heavy atom. The third kappa shape index (κ3) is 3.67. The van der Waals surface area contributed by atoms with E-state index >= 15 is 0 Å². The number of ether oxygens (including phenoxy) is 1. The van der Waals surface area contributed by atoms with Crippen molar-refractivity contribution in [3.63, 3.8) is 0 Å². The number of hydrogen-bond donors (Lipinski definition) is 0. The van der Waals surface area contributed by atoms with Gasteiger partial charge in [-0.3, -0.25) is 4.79 Å². The minimum Gasteiger partial charge on any atom is -0.497 e. The summed E-state index contributed by atoms with van der Waals surface area (Å²) in [7, 11) is 1.51. The van der Waals surface area contributed by atoms with Gasteiger partial charge in [-0.2, -0.15) is 5.26 Å². The lowest BCUT2D eigenvalue weighted by Crippen LogP contribution is -2.02. The molecule has 0 heterocycles. The summed E-state index contributed by atoms with van der Waals surface area (Å²) in [6, 6.07) is 13.4. The molecule has 2 aromatic carbocycles. The van der Waals surface area contributed by atoms with E-state index in [1.54, 1.807) is 42.5 Å². The van der Waals surface area contributed by atoms with E-state index in [4.69, 9.17) is 27.9 Å². The molecule has 0 aliphatic heterocycles. The first-order valence-corrected chi connectivity index (χ1v) is 7.06. The highest BCUT2D eigenvalue weighted by Crippen LogP contribution is 2.24. The fraction of sp³-hybridized carbons (Fsp3) is 0.0588. The Kier molecular flexibility index (Phi) is 5.21. The van der Waals surface area contributed by atoms with Crippen LogP contribution in [0.2, 0.25) is 10.0 Å². The summed E-state index contributed by atoms with van der Waals surface area (Å²) >= 11 is 11.9. The molecule has 3 nitrogen and oxygen atoms in total. The number of hydrogen-bond acceptors (Lipinski definition) is 3. The van der Waals surface area contributed by atoms with E-state index in [1.807, 2.05) is 6.07 Å². The number of nitrogens with zero attached hydrogens (tertiary/aromatic N) is 1. The molecular weight excluding hydrogens is 321 g/mol. The summed E-state index contributed by atoms with van der Waals surface area (Å²) in [5, 5.41) is 10.1. The van der Waals surface area contributed by atoms with Gasteiger partial charge < -0.3 is 4.74 Å². The standard InChI is InChI=1S/C17H11Cl2NO2/c1-22-15-4-2-3-12(8-15)17(21)13(10-20)7-11-5-6-14(18)9-16(11)19/h2-9H,1H3/b13-7+. The van der Waals surface area contributed by atoms with Crippen molar-refractivity contribution in [3.8, 4) is 11.8 Å². The topological polar surface area (TPSA) is 50.1 Å². The average Bonchev–Trinajstić information content (AvgIpc) is 2.53. The van der Waals surface area contributed by atoms with Gasteiger partial charge in [-0.25, -0.2) is 0 Å². The minimum absolute atomic E-state index is 0.0162. The number of benzene rings is 2. The maximum atomic E-state index is 12.4. The van der Waals surface area contributed by atoms with Crippen molar-refractivity contribution in [2.24, 2.45) is 0 Å². The number of ketones is 1. The zero-order valence-electron chi connectivity index (χ0n) is 11.6. The highest BCUT2D eigenvalue weighted by molar-refractivity contribution is 6.35. The Bertz CT molecular complexity index is 791. The molecule has 0 saturated carbocycles. The van der Waals surface area contributed by atoms with Crippen molar-refractivity contribution in [2.75, 3.05) is 7.11 Å². The maximum Gasteiger partial charge on any atom is 0.203 e. The molecule has 0 N–H and O–H groups in total. The summed E-state index contributed by atoms with van der Waals surface area (Å²) in [4.78, 5) is 12.4. The van der Waals surface area contributed by atoms with Crippen molar-refractivity contribution in [2.45, 2.75) is 0 Å². The molecule has 0 unspecified atom stereocenters. The second-order valence-electron chi connectivity index (χ2n) is 4.40. The van der Waals surface area contributed by atoms with E-state index in [2.05, 4.69) is 0 Å². The van der Waals surface area contributed by atoms with Crippen LogP contribution in [0.4, 0.5) is 0 Å². The van der Waals surface area contributed by atoms with Crippen LogP contribution in [0.25, 0.3) is 6.08 Å². The Hall–Kier alpha value is -2.28. The van der Waals surface area contributed by atoms with Gasteiger partial charge in [0.2, 0.25) is 5.78 Å². The quantitative estimate of drug-likeness (QED) is 0.459. The molecule has 0 spiro atoms. The number of allylic oxidation sites excluding steroid dienone is 1. The van der Waals surface area contributed by atoms with E-state index in [0.717, 1.165) is 0 Å². The molecule has 5 heteroatoms. The summed E-state index contributed by atoms with van der Waals surface area (Å²) in [5.74, 6) is 0.153. The number of rotatable bonds is 4. The normalized spacial score (nSPS) is 10.9. The van der Waals surface area contributed by atoms with Gasteiger partial charge >= 0.3 is 0 Å². The van der Waals surface area contributed by atoms with Gasteiger partial charge in [0.1, 0.15) is 17.4 Å². The van der Waals surface area contributed by atoms with Gasteiger partial charge in [0.25, 0.3) is 0 Å². The van der Waals surface area contributed by atoms with Crippen LogP contribution < -0.4 is 4.74 Å². The number of methoxy groups -OCH3 is 1. The Morgan fingerprint density at radius 1 is 1.23 bits per heavy atom. The highest BCUT2D eigenvalue weighted by Gasteiger charge is 2.13. The summed E-state index contributed by atoms with van der Waals surface area (Å²) < 4.78 is 5.08. The van der Waals surface area contributed by atoms with E-state index in [9.17, 15) is 10.1 Å². The summed E-state index contributed by atoms with van der Waals surface area (Å²) in [5.41, 5.74) is 0.911. The molecule has 0 radical (unpaired) electrons. The molecule has 110 valence electrons. The lowest BCUT2D eigenvalue weighted by atomic mass is 10.0. The second kappa shape index (κ2) is 7.13. The van der Waals surface area contributed by atoms with Gasteiger partial charge in [-0.15, -0.1) is 0 Å². The lowest BCUT2D eigenvalue weighted by molar-refractivity contribution is 0.103. The molecule has 0 aromatic heterocycles. The Morgan fingerprint density at radius 3 is 2.64 bits per heavy atom. The zero-order chi connectivity index (χ0) is 16.1. The fourth-order valence-corrected chi connectivity index (χ4v) is 2.31. The maximum absolute atomic E-state index is 12.4. The largest absolute Gasteiger partial charge is 0.497 e. The van der Waals surface area contributed by atoms with Crippen molar-refractivity contribution in [1.82, 2.24) is 0 Å². The lowest BCUT2D eigenvalue weighted by Gasteiger charge is -2.04. The molecule has 0 aliphatic carbocycles. The van der Waals surface area contributed by atoms with Crippen molar-refractivity contribution < 1.29 is 9.53 Å². The first-order valence-electron chi connectivity index (χ1n) is 6.30. The number of halogens is 2. The van der Waals surface area contributed by atoms with Crippen molar-refractivity contribution >= 4 is 35.1 Å². The third-order valence-corrected chi connectivity index (χ3v) is 3.52. The van der Waals surface area contributed by atoms with Crippen LogP contribution in [0, 0.1) is 11.3 Å². The van der Waals surface area contributed by atoms with Gasteiger partial charge in [-0.1, -0.05) is 41.4 Å². The Balaban J connectivity index is 2.40.